The molecule has 0 amide bonds. The molecule has 0 spiro atoms. The highest BCUT2D eigenvalue weighted by Crippen LogP contribution is 2.24. The molecule has 16 heavy (non-hydrogen) atoms. The Balaban J connectivity index is 2.51. The van der Waals surface area contributed by atoms with Crippen molar-refractivity contribution in [1.29, 1.82) is 0 Å². The minimum Gasteiger partial charge on any atom is -0.0870 e. The highest BCUT2D eigenvalue weighted by Gasteiger charge is 2.00. The number of benzene rings is 2. The van der Waals surface area contributed by atoms with E-state index in [1.54, 1.807) is 0 Å². The summed E-state index contributed by atoms with van der Waals surface area (Å²) >= 11 is 0. The topological polar surface area (TPSA) is 0 Å². The normalized spacial score (nSPS) is 10.9. The van der Waals surface area contributed by atoms with Crippen LogP contribution in [0.1, 0.15) is 18.1 Å². The molecule has 0 atom stereocenters. The summed E-state index contributed by atoms with van der Waals surface area (Å²) in [5.74, 6) is 0. The lowest BCUT2D eigenvalue weighted by Crippen LogP contribution is -1.82. The van der Waals surface area contributed by atoms with Crippen molar-refractivity contribution >= 4 is 6.08 Å². The molecule has 0 bridgehead atoms. The van der Waals surface area contributed by atoms with Gasteiger partial charge in [-0.2, -0.15) is 0 Å². The molecule has 0 fully saturated rings. The van der Waals surface area contributed by atoms with Crippen LogP contribution in [0.2, 0.25) is 0 Å². The van der Waals surface area contributed by atoms with E-state index in [-0.39, 0.29) is 0 Å². The molecule has 0 aliphatic carbocycles. The summed E-state index contributed by atoms with van der Waals surface area (Å²) in [6.07, 6.45) is 4.20. The van der Waals surface area contributed by atoms with E-state index in [0.29, 0.717) is 0 Å². The Bertz CT molecular complexity index is 490. The molecule has 2 aromatic rings. The molecule has 0 unspecified atom stereocenters. The molecule has 0 saturated heterocycles. The van der Waals surface area contributed by atoms with Crippen molar-refractivity contribution in [1.82, 2.24) is 0 Å². The maximum absolute atomic E-state index is 3.90. The van der Waals surface area contributed by atoms with E-state index in [2.05, 4.69) is 55.5 Å². The molecule has 0 aliphatic heterocycles. The van der Waals surface area contributed by atoms with E-state index in [1.165, 1.54) is 16.7 Å². The van der Waals surface area contributed by atoms with E-state index in [1.807, 2.05) is 19.1 Å². The number of rotatable bonds is 2. The average Bonchev–Trinajstić information content (AvgIpc) is 2.32. The van der Waals surface area contributed by atoms with Crippen LogP contribution in [0.25, 0.3) is 17.2 Å². The lowest BCUT2D eigenvalue weighted by Gasteiger charge is -2.06. The molecule has 0 saturated carbocycles. The fourth-order valence-corrected chi connectivity index (χ4v) is 1.77. The zero-order valence-electron chi connectivity index (χ0n) is 9.48. The molecule has 0 N–H and O–H groups in total. The predicted molar refractivity (Wildman–Crippen MR) is 71.0 cm³/mol. The van der Waals surface area contributed by atoms with Crippen molar-refractivity contribution in [2.75, 3.05) is 0 Å². The summed E-state index contributed by atoms with van der Waals surface area (Å²) in [4.78, 5) is 0. The van der Waals surface area contributed by atoms with Gasteiger partial charge in [-0.1, -0.05) is 60.7 Å². The minimum atomic E-state index is 1.05. The van der Waals surface area contributed by atoms with E-state index < -0.39 is 0 Å². The highest BCUT2D eigenvalue weighted by molar-refractivity contribution is 5.75. The zero-order chi connectivity index (χ0) is 11.4. The third-order valence-electron chi connectivity index (χ3n) is 2.57. The standard InChI is InChI=1S/C16H15/c1-3-6-14-7-4-5-8-16(14)15-11-9-13(2)10-12-15/h3-12H,2H2,1H3/b6-3-. The third-order valence-corrected chi connectivity index (χ3v) is 2.57. The maximum Gasteiger partial charge on any atom is -0.0112 e. The van der Waals surface area contributed by atoms with Crippen LogP contribution in [0.5, 0.6) is 0 Å². The van der Waals surface area contributed by atoms with Gasteiger partial charge in [0.15, 0.2) is 0 Å². The molecule has 1 radical (unpaired) electrons. The van der Waals surface area contributed by atoms with Gasteiger partial charge in [-0.15, -0.1) is 0 Å². The van der Waals surface area contributed by atoms with Crippen LogP contribution in [0, 0.1) is 6.92 Å². The molecule has 0 aliphatic rings. The predicted octanol–water partition coefficient (Wildman–Crippen LogP) is 4.57. The van der Waals surface area contributed by atoms with Gasteiger partial charge in [-0.05, 0) is 36.1 Å². The summed E-state index contributed by atoms with van der Waals surface area (Å²) in [6.45, 7) is 5.94. The van der Waals surface area contributed by atoms with Gasteiger partial charge in [0, 0.05) is 0 Å². The third kappa shape index (κ3) is 2.22. The summed E-state index contributed by atoms with van der Waals surface area (Å²) in [6, 6.07) is 16.7. The van der Waals surface area contributed by atoms with Crippen LogP contribution < -0.4 is 0 Å². The van der Waals surface area contributed by atoms with Crippen LogP contribution >= 0.6 is 0 Å². The first kappa shape index (κ1) is 10.7. The Morgan fingerprint density at radius 2 is 1.62 bits per heavy atom. The molecule has 2 rings (SSSR count). The molecule has 79 valence electrons. The Morgan fingerprint density at radius 1 is 0.938 bits per heavy atom. The van der Waals surface area contributed by atoms with Gasteiger partial charge in [0.25, 0.3) is 0 Å². The van der Waals surface area contributed by atoms with Crippen molar-refractivity contribution in [2.45, 2.75) is 6.92 Å². The van der Waals surface area contributed by atoms with Crippen molar-refractivity contribution in [3.8, 4) is 11.1 Å². The summed E-state index contributed by atoms with van der Waals surface area (Å²) in [7, 11) is 0. The van der Waals surface area contributed by atoms with E-state index in [9.17, 15) is 0 Å². The number of hydrogen-bond acceptors (Lipinski definition) is 0. The van der Waals surface area contributed by atoms with Crippen molar-refractivity contribution in [3.63, 3.8) is 0 Å². The Kier molecular flexibility index (Phi) is 3.21. The van der Waals surface area contributed by atoms with Gasteiger partial charge < -0.3 is 0 Å². The van der Waals surface area contributed by atoms with Gasteiger partial charge in [0.05, 0.1) is 0 Å². The second-order valence-electron chi connectivity index (χ2n) is 3.78. The Labute approximate surface area is 97.3 Å². The molecular formula is C16H15. The molecular weight excluding hydrogens is 192 g/mol. The summed E-state index contributed by atoms with van der Waals surface area (Å²) in [5, 5.41) is 0. The average molecular weight is 207 g/mol. The number of allylic oxidation sites excluding steroid dienone is 1. The second-order valence-corrected chi connectivity index (χ2v) is 3.78. The molecule has 0 nitrogen and oxygen atoms in total. The lowest BCUT2D eigenvalue weighted by atomic mass is 9.99. The first-order chi connectivity index (χ1) is 7.81. The van der Waals surface area contributed by atoms with Crippen LogP contribution in [0.3, 0.4) is 0 Å². The van der Waals surface area contributed by atoms with Gasteiger partial charge in [0.2, 0.25) is 0 Å². The smallest absolute Gasteiger partial charge is 0.0112 e. The fourth-order valence-electron chi connectivity index (χ4n) is 1.77. The SMILES string of the molecule is [CH2]c1ccc(-c2ccccc2/C=C\C)cc1. The lowest BCUT2D eigenvalue weighted by molar-refractivity contribution is 1.56. The van der Waals surface area contributed by atoms with Crippen LogP contribution in [0.15, 0.2) is 54.6 Å². The molecule has 0 aromatic heterocycles. The van der Waals surface area contributed by atoms with E-state index >= 15 is 0 Å². The Morgan fingerprint density at radius 3 is 2.31 bits per heavy atom. The Hall–Kier alpha value is -1.82. The number of hydrogen-bond donors (Lipinski definition) is 0. The molecule has 0 heteroatoms. The van der Waals surface area contributed by atoms with Gasteiger partial charge in [-0.25, -0.2) is 0 Å². The zero-order valence-corrected chi connectivity index (χ0v) is 9.48. The second kappa shape index (κ2) is 4.80. The van der Waals surface area contributed by atoms with Gasteiger partial charge in [0.1, 0.15) is 0 Å². The van der Waals surface area contributed by atoms with Gasteiger partial charge >= 0.3 is 0 Å². The first-order valence-electron chi connectivity index (χ1n) is 5.45. The largest absolute Gasteiger partial charge is 0.0870 e. The summed E-state index contributed by atoms with van der Waals surface area (Å²) in [5.41, 5.74) is 4.80. The van der Waals surface area contributed by atoms with Gasteiger partial charge in [-0.3, -0.25) is 0 Å². The van der Waals surface area contributed by atoms with Crippen molar-refractivity contribution in [2.24, 2.45) is 0 Å². The monoisotopic (exact) mass is 207 g/mol. The van der Waals surface area contributed by atoms with E-state index in [4.69, 9.17) is 0 Å². The molecule has 2 aromatic carbocycles. The quantitative estimate of drug-likeness (QED) is 0.676. The van der Waals surface area contributed by atoms with Crippen LogP contribution in [-0.2, 0) is 0 Å². The minimum absolute atomic E-state index is 1.05. The molecule has 0 heterocycles. The van der Waals surface area contributed by atoms with Crippen molar-refractivity contribution in [3.05, 3.63) is 72.7 Å². The first-order valence-corrected chi connectivity index (χ1v) is 5.45. The maximum atomic E-state index is 3.90. The highest BCUT2D eigenvalue weighted by atomic mass is 14.0. The van der Waals surface area contributed by atoms with Crippen LogP contribution in [0.4, 0.5) is 0 Å². The van der Waals surface area contributed by atoms with Crippen LogP contribution in [-0.4, -0.2) is 0 Å². The fraction of sp³-hybridized carbons (Fsp3) is 0.0625. The summed E-state index contributed by atoms with van der Waals surface area (Å²) < 4.78 is 0. The van der Waals surface area contributed by atoms with Crippen molar-refractivity contribution < 1.29 is 0 Å². The van der Waals surface area contributed by atoms with E-state index in [0.717, 1.165) is 5.56 Å².